The molecule has 26 heavy (non-hydrogen) atoms. The Bertz CT molecular complexity index is 884. The van der Waals surface area contributed by atoms with Crippen LogP contribution in [0.3, 0.4) is 0 Å². The van der Waals surface area contributed by atoms with E-state index in [4.69, 9.17) is 4.42 Å². The maximum absolute atomic E-state index is 12.2. The van der Waals surface area contributed by atoms with Crippen LogP contribution in [0.15, 0.2) is 52.9 Å². The molecule has 0 aliphatic rings. The second-order valence-corrected chi connectivity index (χ2v) is 6.47. The van der Waals surface area contributed by atoms with Crippen molar-refractivity contribution < 1.29 is 9.21 Å². The summed E-state index contributed by atoms with van der Waals surface area (Å²) >= 11 is 0. The minimum Gasteiger partial charge on any atom is -0.416 e. The number of nitrogens with zero attached hydrogens (tertiary/aromatic N) is 2. The highest BCUT2D eigenvalue weighted by atomic mass is 16.4. The Morgan fingerprint density at radius 1 is 1.08 bits per heavy atom. The Kier molecular flexibility index (Phi) is 5.46. The molecule has 5 heteroatoms. The Balaban J connectivity index is 1.75. The van der Waals surface area contributed by atoms with Crippen LogP contribution in [0.25, 0.3) is 22.9 Å². The zero-order valence-corrected chi connectivity index (χ0v) is 15.3. The second kappa shape index (κ2) is 7.95. The van der Waals surface area contributed by atoms with Gasteiger partial charge in [-0.25, -0.2) is 0 Å². The van der Waals surface area contributed by atoms with Crippen LogP contribution in [0.2, 0.25) is 0 Å². The van der Waals surface area contributed by atoms with Crippen LogP contribution in [-0.2, 0) is 0 Å². The maximum Gasteiger partial charge on any atom is 0.251 e. The van der Waals surface area contributed by atoms with Crippen molar-refractivity contribution in [3.8, 4) is 22.9 Å². The molecule has 0 bridgehead atoms. The lowest BCUT2D eigenvalue weighted by molar-refractivity contribution is 0.0938. The molecule has 0 fully saturated rings. The fraction of sp³-hybridized carbons (Fsp3) is 0.286. The van der Waals surface area contributed by atoms with Gasteiger partial charge in [0.25, 0.3) is 5.91 Å². The monoisotopic (exact) mass is 349 g/mol. The standard InChI is InChI=1S/C21H23N3O2/c1-4-7-15(3)22-19(25)16-10-12-17(13-11-16)20-23-24-21(26-20)18-9-6-5-8-14(18)2/h5-6,8-13,15H,4,7H2,1-3H3,(H,22,25). The van der Waals surface area contributed by atoms with E-state index in [1.54, 1.807) is 12.1 Å². The van der Waals surface area contributed by atoms with E-state index in [1.807, 2.05) is 50.2 Å². The van der Waals surface area contributed by atoms with Crippen molar-refractivity contribution in [1.82, 2.24) is 15.5 Å². The predicted molar refractivity (Wildman–Crippen MR) is 102 cm³/mol. The number of carbonyl (C=O) groups is 1. The van der Waals surface area contributed by atoms with E-state index in [0.29, 0.717) is 17.3 Å². The van der Waals surface area contributed by atoms with Crippen LogP contribution >= 0.6 is 0 Å². The molecule has 0 saturated carbocycles. The zero-order valence-electron chi connectivity index (χ0n) is 15.3. The van der Waals surface area contributed by atoms with E-state index in [2.05, 4.69) is 22.4 Å². The predicted octanol–water partition coefficient (Wildman–Crippen LogP) is 4.63. The van der Waals surface area contributed by atoms with Crippen LogP contribution in [0.4, 0.5) is 0 Å². The van der Waals surface area contributed by atoms with E-state index in [1.165, 1.54) is 0 Å². The van der Waals surface area contributed by atoms with Gasteiger partial charge in [0.05, 0.1) is 0 Å². The van der Waals surface area contributed by atoms with Crippen molar-refractivity contribution in [2.24, 2.45) is 0 Å². The fourth-order valence-corrected chi connectivity index (χ4v) is 2.84. The molecule has 1 heterocycles. The lowest BCUT2D eigenvalue weighted by atomic mass is 10.1. The third-order valence-electron chi connectivity index (χ3n) is 4.29. The summed E-state index contributed by atoms with van der Waals surface area (Å²) in [6.45, 7) is 6.13. The Labute approximate surface area is 153 Å². The van der Waals surface area contributed by atoms with Gasteiger partial charge in [0, 0.05) is 22.7 Å². The number of rotatable bonds is 6. The highest BCUT2D eigenvalue weighted by Crippen LogP contribution is 2.26. The molecule has 1 unspecified atom stereocenters. The second-order valence-electron chi connectivity index (χ2n) is 6.47. The summed E-state index contributed by atoms with van der Waals surface area (Å²) in [6.07, 6.45) is 2.01. The Hall–Kier alpha value is -2.95. The first kappa shape index (κ1) is 17.9. The largest absolute Gasteiger partial charge is 0.416 e. The van der Waals surface area contributed by atoms with E-state index in [-0.39, 0.29) is 11.9 Å². The molecule has 1 atom stereocenters. The molecule has 134 valence electrons. The summed E-state index contributed by atoms with van der Waals surface area (Å²) in [4.78, 5) is 12.2. The molecule has 3 aromatic rings. The SMILES string of the molecule is CCCC(C)NC(=O)c1ccc(-c2nnc(-c3ccccc3C)o2)cc1. The number of hydrogen-bond donors (Lipinski definition) is 1. The summed E-state index contributed by atoms with van der Waals surface area (Å²) < 4.78 is 5.81. The summed E-state index contributed by atoms with van der Waals surface area (Å²) in [5.41, 5.74) is 3.41. The molecular formula is C21H23N3O2. The number of benzene rings is 2. The van der Waals surface area contributed by atoms with Gasteiger partial charge in [0.1, 0.15) is 0 Å². The minimum absolute atomic E-state index is 0.0661. The van der Waals surface area contributed by atoms with Crippen LogP contribution in [0.1, 0.15) is 42.6 Å². The number of aromatic nitrogens is 2. The third-order valence-corrected chi connectivity index (χ3v) is 4.29. The van der Waals surface area contributed by atoms with Crippen molar-refractivity contribution >= 4 is 5.91 Å². The van der Waals surface area contributed by atoms with Crippen LogP contribution < -0.4 is 5.32 Å². The van der Waals surface area contributed by atoms with Crippen LogP contribution in [0, 0.1) is 6.92 Å². The van der Waals surface area contributed by atoms with E-state index < -0.39 is 0 Å². The van der Waals surface area contributed by atoms with Crippen molar-refractivity contribution in [3.63, 3.8) is 0 Å². The molecule has 0 radical (unpaired) electrons. The van der Waals surface area contributed by atoms with Gasteiger partial charge in [-0.3, -0.25) is 4.79 Å². The van der Waals surface area contributed by atoms with Gasteiger partial charge >= 0.3 is 0 Å². The van der Waals surface area contributed by atoms with Crippen LogP contribution in [0.5, 0.6) is 0 Å². The average Bonchev–Trinajstić information content (AvgIpc) is 3.12. The number of amides is 1. The van der Waals surface area contributed by atoms with Gasteiger partial charge in [-0.2, -0.15) is 0 Å². The lowest BCUT2D eigenvalue weighted by Gasteiger charge is -2.12. The molecule has 5 nitrogen and oxygen atoms in total. The molecular weight excluding hydrogens is 326 g/mol. The van der Waals surface area contributed by atoms with E-state index in [9.17, 15) is 4.79 Å². The van der Waals surface area contributed by atoms with Gasteiger partial charge in [0.2, 0.25) is 11.8 Å². The molecule has 0 aliphatic heterocycles. The Morgan fingerprint density at radius 2 is 1.77 bits per heavy atom. The minimum atomic E-state index is -0.0661. The first-order valence-corrected chi connectivity index (χ1v) is 8.89. The number of hydrogen-bond acceptors (Lipinski definition) is 4. The molecule has 1 amide bonds. The average molecular weight is 349 g/mol. The smallest absolute Gasteiger partial charge is 0.251 e. The molecule has 0 saturated heterocycles. The molecule has 2 aromatic carbocycles. The Morgan fingerprint density at radius 3 is 2.46 bits per heavy atom. The number of nitrogens with one attached hydrogen (secondary N) is 1. The quantitative estimate of drug-likeness (QED) is 0.704. The van der Waals surface area contributed by atoms with Crippen molar-refractivity contribution in [3.05, 3.63) is 59.7 Å². The van der Waals surface area contributed by atoms with Crippen molar-refractivity contribution in [2.45, 2.75) is 39.7 Å². The molecule has 3 rings (SSSR count). The topological polar surface area (TPSA) is 68.0 Å². The molecule has 0 aliphatic carbocycles. The van der Waals surface area contributed by atoms with Gasteiger partial charge in [-0.1, -0.05) is 31.5 Å². The van der Waals surface area contributed by atoms with E-state index in [0.717, 1.165) is 29.5 Å². The highest BCUT2D eigenvalue weighted by Gasteiger charge is 2.13. The first-order valence-electron chi connectivity index (χ1n) is 8.89. The van der Waals surface area contributed by atoms with Gasteiger partial charge in [-0.15, -0.1) is 10.2 Å². The summed E-state index contributed by atoms with van der Waals surface area (Å²) in [6, 6.07) is 15.3. The first-order chi connectivity index (χ1) is 12.6. The van der Waals surface area contributed by atoms with Gasteiger partial charge in [-0.05, 0) is 56.2 Å². The van der Waals surface area contributed by atoms with Gasteiger partial charge in [0.15, 0.2) is 0 Å². The summed E-state index contributed by atoms with van der Waals surface area (Å²) in [5.74, 6) is 0.867. The van der Waals surface area contributed by atoms with Gasteiger partial charge < -0.3 is 9.73 Å². The fourth-order valence-electron chi connectivity index (χ4n) is 2.84. The lowest BCUT2D eigenvalue weighted by Crippen LogP contribution is -2.32. The number of aryl methyl sites for hydroxylation is 1. The summed E-state index contributed by atoms with van der Waals surface area (Å²) in [7, 11) is 0. The summed E-state index contributed by atoms with van der Waals surface area (Å²) in [5, 5.41) is 11.3. The zero-order chi connectivity index (χ0) is 18.5. The molecule has 0 spiro atoms. The normalized spacial score (nSPS) is 12.0. The van der Waals surface area contributed by atoms with E-state index >= 15 is 0 Å². The molecule has 1 aromatic heterocycles. The maximum atomic E-state index is 12.2. The van der Waals surface area contributed by atoms with Crippen LogP contribution in [-0.4, -0.2) is 22.1 Å². The molecule has 1 N–H and O–H groups in total. The van der Waals surface area contributed by atoms with Crippen molar-refractivity contribution in [2.75, 3.05) is 0 Å². The highest BCUT2D eigenvalue weighted by molar-refractivity contribution is 5.94. The van der Waals surface area contributed by atoms with Crippen molar-refractivity contribution in [1.29, 1.82) is 0 Å². The third kappa shape index (κ3) is 3.99. The number of carbonyl (C=O) groups excluding carboxylic acids is 1.